The fraction of sp³-hybridized carbons (Fsp3) is 0.667. The van der Waals surface area contributed by atoms with Crippen LogP contribution in [0.25, 0.3) is 0 Å². The molecule has 1 aliphatic rings. The van der Waals surface area contributed by atoms with Gasteiger partial charge in [-0.1, -0.05) is 12.8 Å². The van der Waals surface area contributed by atoms with Crippen molar-refractivity contribution < 1.29 is 37.8 Å². The summed E-state index contributed by atoms with van der Waals surface area (Å²) in [5.41, 5.74) is -0.644. The predicted molar refractivity (Wildman–Crippen MR) is 99.3 cm³/mol. The molecule has 0 bridgehead atoms. The van der Waals surface area contributed by atoms with Gasteiger partial charge in [-0.15, -0.1) is 0 Å². The normalized spacial score (nSPS) is 22.2. The maximum Gasteiger partial charge on any atom is 0.358 e. The number of esters is 2. The lowest BCUT2D eigenvalue weighted by Crippen LogP contribution is -2.20. The SMILES string of the molecule is CCOP(=O)(OCC)/C1=C(C(=O)OC)/C(C(=O)OC)=C(/O)CCCCCC1. The highest BCUT2D eigenvalue weighted by molar-refractivity contribution is 7.58. The number of aliphatic hydroxyl groups excluding tert-OH is 1. The third-order valence-corrected chi connectivity index (χ3v) is 6.42. The van der Waals surface area contributed by atoms with Gasteiger partial charge in [0.1, 0.15) is 11.3 Å². The van der Waals surface area contributed by atoms with Crippen LogP contribution in [-0.4, -0.2) is 44.5 Å². The van der Waals surface area contributed by atoms with Crippen LogP contribution in [0.4, 0.5) is 0 Å². The van der Waals surface area contributed by atoms with Crippen LogP contribution in [0.15, 0.2) is 22.2 Å². The lowest BCUT2D eigenvalue weighted by atomic mass is 9.97. The first-order valence-electron chi connectivity index (χ1n) is 9.08. The van der Waals surface area contributed by atoms with Crippen molar-refractivity contribution in [2.45, 2.75) is 52.4 Å². The van der Waals surface area contributed by atoms with Gasteiger partial charge < -0.3 is 23.6 Å². The minimum absolute atomic E-state index is 0.0342. The molecule has 0 aromatic heterocycles. The Balaban J connectivity index is 3.85. The molecule has 27 heavy (non-hydrogen) atoms. The summed E-state index contributed by atoms with van der Waals surface area (Å²) in [5, 5.41) is 10.6. The van der Waals surface area contributed by atoms with E-state index >= 15 is 0 Å². The number of hydrogen-bond donors (Lipinski definition) is 1. The third kappa shape index (κ3) is 5.92. The molecule has 0 aromatic rings. The largest absolute Gasteiger partial charge is 0.511 e. The molecular weight excluding hydrogens is 375 g/mol. The molecule has 0 unspecified atom stereocenters. The summed E-state index contributed by atoms with van der Waals surface area (Å²) in [6, 6.07) is 0. The molecule has 0 saturated heterocycles. The van der Waals surface area contributed by atoms with Crippen molar-refractivity contribution in [1.82, 2.24) is 0 Å². The molecule has 0 radical (unpaired) electrons. The van der Waals surface area contributed by atoms with Gasteiger partial charge in [-0.05, 0) is 33.1 Å². The number of rotatable bonds is 7. The van der Waals surface area contributed by atoms with Crippen LogP contribution in [0.3, 0.4) is 0 Å². The second-order valence-corrected chi connectivity index (χ2v) is 7.92. The van der Waals surface area contributed by atoms with Crippen LogP contribution in [0, 0.1) is 0 Å². The summed E-state index contributed by atoms with van der Waals surface area (Å²) >= 11 is 0. The van der Waals surface area contributed by atoms with Crippen LogP contribution < -0.4 is 0 Å². The zero-order valence-corrected chi connectivity index (χ0v) is 17.3. The Bertz CT molecular complexity index is 640. The highest BCUT2D eigenvalue weighted by Crippen LogP contribution is 2.60. The van der Waals surface area contributed by atoms with Crippen LogP contribution in [0.2, 0.25) is 0 Å². The first kappa shape index (κ1) is 23.4. The van der Waals surface area contributed by atoms with E-state index in [1.54, 1.807) is 13.8 Å². The van der Waals surface area contributed by atoms with Crippen molar-refractivity contribution in [2.75, 3.05) is 27.4 Å². The van der Waals surface area contributed by atoms with Gasteiger partial charge in [0, 0.05) is 6.42 Å². The Kier molecular flexibility index (Phi) is 9.77. The third-order valence-electron chi connectivity index (χ3n) is 4.11. The van der Waals surface area contributed by atoms with Gasteiger partial charge >= 0.3 is 19.5 Å². The molecule has 0 saturated carbocycles. The van der Waals surface area contributed by atoms with Crippen molar-refractivity contribution in [1.29, 1.82) is 0 Å². The molecule has 0 heterocycles. The van der Waals surface area contributed by atoms with Gasteiger partial charge in [0.15, 0.2) is 0 Å². The number of ether oxygens (including phenoxy) is 2. The van der Waals surface area contributed by atoms with E-state index in [2.05, 4.69) is 0 Å². The fourth-order valence-electron chi connectivity index (χ4n) is 2.93. The molecule has 0 fully saturated rings. The van der Waals surface area contributed by atoms with E-state index in [0.717, 1.165) is 27.1 Å². The second-order valence-electron chi connectivity index (χ2n) is 5.87. The van der Waals surface area contributed by atoms with E-state index in [1.165, 1.54) is 0 Å². The molecule has 1 aliphatic carbocycles. The number of carbonyl (C=O) groups excluding carboxylic acids is 2. The molecular formula is C18H29O8P. The number of hydrogen-bond acceptors (Lipinski definition) is 8. The summed E-state index contributed by atoms with van der Waals surface area (Å²) in [6.45, 7) is 3.47. The van der Waals surface area contributed by atoms with Crippen LogP contribution in [-0.2, 0) is 32.7 Å². The summed E-state index contributed by atoms with van der Waals surface area (Å²) in [7, 11) is -1.60. The monoisotopic (exact) mass is 404 g/mol. The molecule has 1 N–H and O–H groups in total. The number of methoxy groups -OCH3 is 2. The molecule has 0 amide bonds. The van der Waals surface area contributed by atoms with E-state index in [4.69, 9.17) is 18.5 Å². The van der Waals surface area contributed by atoms with Gasteiger partial charge in [0.25, 0.3) is 0 Å². The lowest BCUT2D eigenvalue weighted by Gasteiger charge is -2.24. The topological polar surface area (TPSA) is 108 Å². The standard InChI is InChI=1S/C18H29O8P/c1-5-25-27(22,26-6-2)14-12-10-8-7-9-11-13(19)15(17(20)23-3)16(14)18(21)24-4/h19H,5-12H2,1-4H3/b15-13-,16-14-. The van der Waals surface area contributed by atoms with Gasteiger partial charge in [-0.3, -0.25) is 4.57 Å². The van der Waals surface area contributed by atoms with E-state index in [0.29, 0.717) is 12.8 Å². The quantitative estimate of drug-likeness (QED) is 0.501. The van der Waals surface area contributed by atoms with Crippen molar-refractivity contribution in [3.05, 3.63) is 22.2 Å². The molecule has 0 aromatic carbocycles. The van der Waals surface area contributed by atoms with Gasteiger partial charge in [-0.25, -0.2) is 9.59 Å². The zero-order valence-electron chi connectivity index (χ0n) is 16.4. The Morgan fingerprint density at radius 2 is 1.37 bits per heavy atom. The minimum Gasteiger partial charge on any atom is -0.511 e. The first-order chi connectivity index (χ1) is 12.9. The summed E-state index contributed by atoms with van der Waals surface area (Å²) in [5.74, 6) is -2.12. The molecule has 0 spiro atoms. The maximum atomic E-state index is 13.5. The Hall–Kier alpha value is -1.63. The predicted octanol–water partition coefficient (Wildman–Crippen LogP) is 4.02. The van der Waals surface area contributed by atoms with Crippen LogP contribution in [0.1, 0.15) is 52.4 Å². The van der Waals surface area contributed by atoms with E-state index in [-0.39, 0.29) is 48.3 Å². The van der Waals surface area contributed by atoms with Gasteiger partial charge in [-0.2, -0.15) is 0 Å². The lowest BCUT2D eigenvalue weighted by molar-refractivity contribution is -0.139. The fourth-order valence-corrected chi connectivity index (χ4v) is 4.90. The highest BCUT2D eigenvalue weighted by atomic mass is 31.2. The zero-order chi connectivity index (χ0) is 20.4. The van der Waals surface area contributed by atoms with Crippen molar-refractivity contribution in [3.8, 4) is 0 Å². The Morgan fingerprint density at radius 3 is 1.85 bits per heavy atom. The van der Waals surface area contributed by atoms with Crippen LogP contribution in [0.5, 0.6) is 0 Å². The van der Waals surface area contributed by atoms with E-state index in [9.17, 15) is 19.3 Å². The second kappa shape index (κ2) is 11.3. The van der Waals surface area contributed by atoms with Crippen LogP contribution >= 0.6 is 7.60 Å². The summed E-state index contributed by atoms with van der Waals surface area (Å²) in [6.07, 6.45) is 3.27. The summed E-state index contributed by atoms with van der Waals surface area (Å²) < 4.78 is 33.9. The average molecular weight is 404 g/mol. The first-order valence-corrected chi connectivity index (χ1v) is 10.6. The Morgan fingerprint density at radius 1 is 0.889 bits per heavy atom. The molecule has 0 atom stereocenters. The van der Waals surface area contributed by atoms with Gasteiger partial charge in [0.05, 0.1) is 38.3 Å². The average Bonchev–Trinajstić information content (AvgIpc) is 2.65. The van der Waals surface area contributed by atoms with Gasteiger partial charge in [0.2, 0.25) is 0 Å². The van der Waals surface area contributed by atoms with Crippen molar-refractivity contribution in [3.63, 3.8) is 0 Å². The number of aliphatic hydroxyl groups is 1. The highest BCUT2D eigenvalue weighted by Gasteiger charge is 2.39. The number of carbonyl (C=O) groups is 2. The molecule has 0 aliphatic heterocycles. The van der Waals surface area contributed by atoms with E-state index < -0.39 is 19.5 Å². The number of allylic oxidation sites excluding steroid dienone is 2. The minimum atomic E-state index is -3.89. The Labute approximate surface area is 160 Å². The van der Waals surface area contributed by atoms with E-state index in [1.807, 2.05) is 0 Å². The molecule has 1 rings (SSSR count). The van der Waals surface area contributed by atoms with Crippen molar-refractivity contribution in [2.24, 2.45) is 0 Å². The summed E-state index contributed by atoms with van der Waals surface area (Å²) in [4.78, 5) is 25.0. The van der Waals surface area contributed by atoms with Crippen molar-refractivity contribution >= 4 is 19.5 Å². The molecule has 9 heteroatoms. The molecule has 154 valence electrons. The maximum absolute atomic E-state index is 13.5. The molecule has 8 nitrogen and oxygen atoms in total. The smallest absolute Gasteiger partial charge is 0.358 e.